The topological polar surface area (TPSA) is 0 Å². The lowest BCUT2D eigenvalue weighted by Crippen LogP contribution is -2.27. The lowest BCUT2D eigenvalue weighted by molar-refractivity contribution is 0.148. The number of halogens is 1. The molecule has 4 atom stereocenters. The van der Waals surface area contributed by atoms with E-state index in [1.165, 1.54) is 25.7 Å². The second-order valence-corrected chi connectivity index (χ2v) is 5.26. The summed E-state index contributed by atoms with van der Waals surface area (Å²) in [4.78, 5) is 0. The van der Waals surface area contributed by atoms with Crippen molar-refractivity contribution in [1.82, 2.24) is 0 Å². The van der Waals surface area contributed by atoms with Crippen LogP contribution in [0.25, 0.3) is 0 Å². The molecule has 0 heterocycles. The molecular formula is C11H19Cl. The van der Waals surface area contributed by atoms with E-state index in [1.807, 2.05) is 0 Å². The molecule has 0 N–H and O–H groups in total. The molecule has 0 radical (unpaired) electrons. The predicted molar refractivity (Wildman–Crippen MR) is 53.4 cm³/mol. The van der Waals surface area contributed by atoms with Gasteiger partial charge in [-0.3, -0.25) is 0 Å². The molecule has 2 rings (SSSR count). The Bertz CT molecular complexity index is 178. The Hall–Kier alpha value is 0.290. The number of hydrogen-bond donors (Lipinski definition) is 0. The van der Waals surface area contributed by atoms with Gasteiger partial charge in [0, 0.05) is 5.88 Å². The Balaban J connectivity index is 2.06. The van der Waals surface area contributed by atoms with Crippen molar-refractivity contribution in [2.24, 2.45) is 23.2 Å². The highest BCUT2D eigenvalue weighted by molar-refractivity contribution is 6.18. The van der Waals surface area contributed by atoms with E-state index < -0.39 is 0 Å². The fourth-order valence-corrected chi connectivity index (χ4v) is 3.69. The Morgan fingerprint density at radius 1 is 1.42 bits per heavy atom. The molecule has 0 nitrogen and oxygen atoms in total. The Kier molecular flexibility index (Phi) is 2.15. The van der Waals surface area contributed by atoms with Gasteiger partial charge >= 0.3 is 0 Å². The Morgan fingerprint density at radius 2 is 2.17 bits per heavy atom. The number of alkyl halides is 1. The second-order valence-electron chi connectivity index (χ2n) is 4.95. The van der Waals surface area contributed by atoms with Gasteiger partial charge in [0.2, 0.25) is 0 Å². The van der Waals surface area contributed by atoms with Crippen LogP contribution in [-0.2, 0) is 0 Å². The van der Waals surface area contributed by atoms with E-state index >= 15 is 0 Å². The third-order valence-electron chi connectivity index (χ3n) is 4.53. The quantitative estimate of drug-likeness (QED) is 0.548. The summed E-state index contributed by atoms with van der Waals surface area (Å²) in [6.07, 6.45) is 5.76. The van der Waals surface area contributed by atoms with Gasteiger partial charge in [-0.25, -0.2) is 0 Å². The zero-order valence-corrected chi connectivity index (χ0v) is 8.90. The minimum absolute atomic E-state index is 0.694. The molecule has 2 aliphatic rings. The van der Waals surface area contributed by atoms with E-state index in [2.05, 4.69) is 13.8 Å². The standard InChI is InChI=1S/C11H19Cl/c1-8-4-3-5-11(9(8)2)6-10(11)7-12/h8-10H,3-7H2,1-2H3. The normalized spacial score (nSPS) is 52.8. The number of rotatable bonds is 1. The molecule has 1 spiro atoms. The summed E-state index contributed by atoms with van der Waals surface area (Å²) in [7, 11) is 0. The van der Waals surface area contributed by atoms with Gasteiger partial charge in [-0.1, -0.05) is 26.7 Å². The summed E-state index contributed by atoms with van der Waals surface area (Å²) < 4.78 is 0. The molecule has 0 bridgehead atoms. The summed E-state index contributed by atoms with van der Waals surface area (Å²) in [6.45, 7) is 4.85. The molecule has 1 heteroatoms. The van der Waals surface area contributed by atoms with Gasteiger partial charge in [-0.15, -0.1) is 11.6 Å². The average molecular weight is 187 g/mol. The first kappa shape index (κ1) is 8.87. The molecule has 0 amide bonds. The van der Waals surface area contributed by atoms with E-state index in [-0.39, 0.29) is 0 Å². The zero-order valence-electron chi connectivity index (χ0n) is 8.15. The minimum atomic E-state index is 0.694. The van der Waals surface area contributed by atoms with E-state index in [1.54, 1.807) is 0 Å². The van der Waals surface area contributed by atoms with E-state index in [0.29, 0.717) is 5.41 Å². The highest BCUT2D eigenvalue weighted by Crippen LogP contribution is 2.65. The monoisotopic (exact) mass is 186 g/mol. The molecule has 0 aromatic heterocycles. The molecule has 2 aliphatic carbocycles. The van der Waals surface area contributed by atoms with Crippen molar-refractivity contribution < 1.29 is 0 Å². The van der Waals surface area contributed by atoms with Crippen LogP contribution in [-0.4, -0.2) is 5.88 Å². The SMILES string of the molecule is CC1CCCC2(CC2CCl)C1C. The zero-order chi connectivity index (χ0) is 8.77. The lowest BCUT2D eigenvalue weighted by atomic mass is 9.70. The van der Waals surface area contributed by atoms with Gasteiger partial charge in [0.15, 0.2) is 0 Å². The van der Waals surface area contributed by atoms with Crippen molar-refractivity contribution in [3.8, 4) is 0 Å². The van der Waals surface area contributed by atoms with Gasteiger partial charge in [0.25, 0.3) is 0 Å². The van der Waals surface area contributed by atoms with Crippen LogP contribution >= 0.6 is 11.6 Å². The molecule has 4 unspecified atom stereocenters. The Morgan fingerprint density at radius 3 is 2.75 bits per heavy atom. The van der Waals surface area contributed by atoms with Gasteiger partial charge < -0.3 is 0 Å². The predicted octanol–water partition coefficient (Wildman–Crippen LogP) is 3.69. The lowest BCUT2D eigenvalue weighted by Gasteiger charge is -2.35. The van der Waals surface area contributed by atoms with Crippen molar-refractivity contribution in [2.45, 2.75) is 39.5 Å². The van der Waals surface area contributed by atoms with Crippen LogP contribution in [0.3, 0.4) is 0 Å². The minimum Gasteiger partial charge on any atom is -0.126 e. The van der Waals surface area contributed by atoms with Crippen LogP contribution in [0.15, 0.2) is 0 Å². The summed E-state index contributed by atoms with van der Waals surface area (Å²) in [5, 5.41) is 0. The van der Waals surface area contributed by atoms with Crippen LogP contribution in [0, 0.1) is 23.2 Å². The Labute approximate surface area is 80.7 Å². The third-order valence-corrected chi connectivity index (χ3v) is 4.90. The molecule has 0 aromatic carbocycles. The highest BCUT2D eigenvalue weighted by Gasteiger charge is 2.58. The summed E-state index contributed by atoms with van der Waals surface area (Å²) in [5.74, 6) is 3.62. The van der Waals surface area contributed by atoms with Crippen molar-refractivity contribution in [3.05, 3.63) is 0 Å². The van der Waals surface area contributed by atoms with Crippen molar-refractivity contribution in [3.63, 3.8) is 0 Å². The maximum atomic E-state index is 5.93. The van der Waals surface area contributed by atoms with E-state index in [0.717, 1.165) is 23.6 Å². The van der Waals surface area contributed by atoms with Gasteiger partial charge in [-0.05, 0) is 36.0 Å². The summed E-state index contributed by atoms with van der Waals surface area (Å²) >= 11 is 5.93. The van der Waals surface area contributed by atoms with Crippen molar-refractivity contribution >= 4 is 11.6 Å². The fourth-order valence-electron chi connectivity index (χ4n) is 3.27. The first-order valence-electron chi connectivity index (χ1n) is 5.26. The molecule has 0 saturated heterocycles. The van der Waals surface area contributed by atoms with E-state index in [4.69, 9.17) is 11.6 Å². The van der Waals surface area contributed by atoms with Crippen LogP contribution in [0.2, 0.25) is 0 Å². The maximum Gasteiger partial charge on any atom is 0.0257 e. The number of hydrogen-bond acceptors (Lipinski definition) is 0. The molecule has 70 valence electrons. The van der Waals surface area contributed by atoms with E-state index in [9.17, 15) is 0 Å². The molecular weight excluding hydrogens is 168 g/mol. The smallest absolute Gasteiger partial charge is 0.0257 e. The second kappa shape index (κ2) is 2.90. The molecule has 0 aromatic rings. The fraction of sp³-hybridized carbons (Fsp3) is 1.00. The summed E-state index contributed by atoms with van der Waals surface area (Å²) in [6, 6.07) is 0. The van der Waals surface area contributed by atoms with Crippen molar-refractivity contribution in [1.29, 1.82) is 0 Å². The third kappa shape index (κ3) is 1.11. The first-order chi connectivity index (χ1) is 5.70. The summed E-state index contributed by atoms with van der Waals surface area (Å²) in [5.41, 5.74) is 0.694. The molecule has 0 aliphatic heterocycles. The van der Waals surface area contributed by atoms with Crippen LogP contribution < -0.4 is 0 Å². The van der Waals surface area contributed by atoms with Gasteiger partial charge in [-0.2, -0.15) is 0 Å². The molecule has 12 heavy (non-hydrogen) atoms. The molecule has 2 fully saturated rings. The van der Waals surface area contributed by atoms with Crippen LogP contribution in [0.4, 0.5) is 0 Å². The first-order valence-corrected chi connectivity index (χ1v) is 5.80. The van der Waals surface area contributed by atoms with Crippen molar-refractivity contribution in [2.75, 3.05) is 5.88 Å². The highest BCUT2D eigenvalue weighted by atomic mass is 35.5. The van der Waals surface area contributed by atoms with Crippen LogP contribution in [0.5, 0.6) is 0 Å². The van der Waals surface area contributed by atoms with Gasteiger partial charge in [0.05, 0.1) is 0 Å². The van der Waals surface area contributed by atoms with Crippen LogP contribution in [0.1, 0.15) is 39.5 Å². The molecule has 2 saturated carbocycles. The largest absolute Gasteiger partial charge is 0.126 e. The maximum absolute atomic E-state index is 5.93. The van der Waals surface area contributed by atoms with Gasteiger partial charge in [0.1, 0.15) is 0 Å². The average Bonchev–Trinajstić information content (AvgIpc) is 2.76.